The first-order chi connectivity index (χ1) is 7.47. The van der Waals surface area contributed by atoms with Crippen LogP contribution in [0.3, 0.4) is 0 Å². The van der Waals surface area contributed by atoms with E-state index in [1.165, 1.54) is 0 Å². The van der Waals surface area contributed by atoms with Gasteiger partial charge < -0.3 is 15.1 Å². The zero-order valence-corrected chi connectivity index (χ0v) is 10.6. The molecule has 0 bridgehead atoms. The van der Waals surface area contributed by atoms with Crippen LogP contribution in [-0.2, 0) is 4.79 Å². The van der Waals surface area contributed by atoms with Crippen LogP contribution in [0.4, 0.5) is 0 Å². The predicted octanol–water partition coefficient (Wildman–Crippen LogP) is 1.16. The highest BCUT2D eigenvalue weighted by Crippen LogP contribution is 2.05. The monoisotopic (exact) mass is 231 g/mol. The Morgan fingerprint density at radius 3 is 2.00 bits per heavy atom. The fraction of sp³-hybridized carbons (Fsp3) is 0.917. The Morgan fingerprint density at radius 1 is 1.12 bits per heavy atom. The van der Waals surface area contributed by atoms with Gasteiger partial charge in [0.1, 0.15) is 0 Å². The number of aliphatic hydroxyl groups excluding tert-OH is 2. The minimum Gasteiger partial charge on any atom is -0.392 e. The summed E-state index contributed by atoms with van der Waals surface area (Å²) in [6, 6.07) is 0. The maximum atomic E-state index is 11.8. The van der Waals surface area contributed by atoms with Crippen molar-refractivity contribution >= 4 is 5.91 Å². The zero-order chi connectivity index (χ0) is 12.6. The molecule has 0 aromatic heterocycles. The van der Waals surface area contributed by atoms with Crippen molar-refractivity contribution in [3.63, 3.8) is 0 Å². The van der Waals surface area contributed by atoms with Gasteiger partial charge in [-0.05, 0) is 20.3 Å². The van der Waals surface area contributed by atoms with E-state index in [2.05, 4.69) is 6.92 Å². The molecule has 2 N–H and O–H groups in total. The molecule has 0 aliphatic heterocycles. The molecule has 0 rings (SSSR count). The maximum absolute atomic E-state index is 11.8. The molecular formula is C12H25NO3. The summed E-state index contributed by atoms with van der Waals surface area (Å²) in [5.74, 6) is 0.0234. The summed E-state index contributed by atoms with van der Waals surface area (Å²) in [7, 11) is 0. The Balaban J connectivity index is 4.10. The first-order valence-electron chi connectivity index (χ1n) is 6.11. The molecule has 16 heavy (non-hydrogen) atoms. The fourth-order valence-corrected chi connectivity index (χ4v) is 1.60. The van der Waals surface area contributed by atoms with Crippen molar-refractivity contribution in [1.82, 2.24) is 4.90 Å². The van der Waals surface area contributed by atoms with Crippen molar-refractivity contribution in [3.05, 3.63) is 0 Å². The van der Waals surface area contributed by atoms with E-state index in [-0.39, 0.29) is 5.91 Å². The lowest BCUT2D eigenvalue weighted by atomic mass is 10.2. The van der Waals surface area contributed by atoms with Crippen LogP contribution in [0.1, 0.15) is 46.5 Å². The molecule has 0 aromatic carbocycles. The lowest BCUT2D eigenvalue weighted by molar-refractivity contribution is -0.134. The van der Waals surface area contributed by atoms with E-state index in [4.69, 9.17) is 0 Å². The lowest BCUT2D eigenvalue weighted by Gasteiger charge is -2.25. The third kappa shape index (κ3) is 7.65. The molecule has 0 saturated carbocycles. The van der Waals surface area contributed by atoms with Crippen LogP contribution >= 0.6 is 0 Å². The molecular weight excluding hydrogens is 206 g/mol. The first kappa shape index (κ1) is 15.4. The molecule has 0 aliphatic rings. The second kappa shape index (κ2) is 8.53. The number of carbonyl (C=O) groups excluding carboxylic acids is 1. The minimum atomic E-state index is -0.547. The summed E-state index contributed by atoms with van der Waals surface area (Å²) in [6.07, 6.45) is 2.42. The van der Waals surface area contributed by atoms with Gasteiger partial charge in [0.2, 0.25) is 5.91 Å². The second-order valence-corrected chi connectivity index (χ2v) is 4.45. The van der Waals surface area contributed by atoms with E-state index in [0.29, 0.717) is 19.5 Å². The van der Waals surface area contributed by atoms with Gasteiger partial charge in [-0.25, -0.2) is 0 Å². The molecule has 0 heterocycles. The number of unbranched alkanes of at least 4 members (excludes halogenated alkanes) is 2. The van der Waals surface area contributed by atoms with Crippen LogP contribution in [0, 0.1) is 0 Å². The molecule has 0 saturated heterocycles. The van der Waals surface area contributed by atoms with Gasteiger partial charge in [-0.15, -0.1) is 0 Å². The van der Waals surface area contributed by atoms with E-state index >= 15 is 0 Å². The van der Waals surface area contributed by atoms with Gasteiger partial charge in [-0.3, -0.25) is 4.79 Å². The van der Waals surface area contributed by atoms with Gasteiger partial charge in [0.15, 0.2) is 0 Å². The van der Waals surface area contributed by atoms with E-state index in [1.54, 1.807) is 18.7 Å². The molecule has 0 fully saturated rings. The number of amides is 1. The maximum Gasteiger partial charge on any atom is 0.222 e. The van der Waals surface area contributed by atoms with Crippen molar-refractivity contribution < 1.29 is 15.0 Å². The molecule has 0 radical (unpaired) electrons. The summed E-state index contributed by atoms with van der Waals surface area (Å²) in [6.45, 7) is 5.99. The van der Waals surface area contributed by atoms with Gasteiger partial charge in [-0.2, -0.15) is 0 Å². The van der Waals surface area contributed by atoms with Gasteiger partial charge in [0, 0.05) is 19.5 Å². The smallest absolute Gasteiger partial charge is 0.222 e. The fourth-order valence-electron chi connectivity index (χ4n) is 1.60. The summed E-state index contributed by atoms with van der Waals surface area (Å²) in [5, 5.41) is 18.6. The molecule has 96 valence electrons. The topological polar surface area (TPSA) is 60.8 Å². The molecule has 0 spiro atoms. The SMILES string of the molecule is CCCCCC(=O)N(CC(C)O)CC(C)O. The standard InChI is InChI=1S/C12H25NO3/c1-4-5-6-7-12(16)13(8-10(2)14)9-11(3)15/h10-11,14-15H,4-9H2,1-3H3. The van der Waals surface area contributed by atoms with Crippen molar-refractivity contribution in [3.8, 4) is 0 Å². The van der Waals surface area contributed by atoms with Crippen molar-refractivity contribution in [2.45, 2.75) is 58.7 Å². The molecule has 4 nitrogen and oxygen atoms in total. The Hall–Kier alpha value is -0.610. The first-order valence-corrected chi connectivity index (χ1v) is 6.11. The van der Waals surface area contributed by atoms with Crippen molar-refractivity contribution in [2.75, 3.05) is 13.1 Å². The minimum absolute atomic E-state index is 0.0234. The number of hydrogen-bond donors (Lipinski definition) is 2. The van der Waals surface area contributed by atoms with Crippen LogP contribution in [0.5, 0.6) is 0 Å². The van der Waals surface area contributed by atoms with Crippen LogP contribution < -0.4 is 0 Å². The quantitative estimate of drug-likeness (QED) is 0.616. The molecule has 0 aliphatic carbocycles. The van der Waals surface area contributed by atoms with Crippen LogP contribution in [0.15, 0.2) is 0 Å². The third-order valence-electron chi connectivity index (χ3n) is 2.32. The Kier molecular flexibility index (Phi) is 8.21. The second-order valence-electron chi connectivity index (χ2n) is 4.45. The van der Waals surface area contributed by atoms with Crippen molar-refractivity contribution in [1.29, 1.82) is 0 Å². The largest absolute Gasteiger partial charge is 0.392 e. The summed E-state index contributed by atoms with van der Waals surface area (Å²) < 4.78 is 0. The summed E-state index contributed by atoms with van der Waals surface area (Å²) in [5.41, 5.74) is 0. The normalized spacial score (nSPS) is 14.6. The molecule has 0 aromatic rings. The van der Waals surface area contributed by atoms with Gasteiger partial charge in [-0.1, -0.05) is 19.8 Å². The molecule has 1 amide bonds. The van der Waals surface area contributed by atoms with Crippen LogP contribution in [0.25, 0.3) is 0 Å². The van der Waals surface area contributed by atoms with E-state index < -0.39 is 12.2 Å². The number of rotatable bonds is 8. The molecule has 4 heteroatoms. The van der Waals surface area contributed by atoms with E-state index in [1.807, 2.05) is 0 Å². The highest BCUT2D eigenvalue weighted by molar-refractivity contribution is 5.76. The predicted molar refractivity (Wildman–Crippen MR) is 64.1 cm³/mol. The van der Waals surface area contributed by atoms with Crippen LogP contribution in [-0.4, -0.2) is 46.3 Å². The van der Waals surface area contributed by atoms with Gasteiger partial charge >= 0.3 is 0 Å². The van der Waals surface area contributed by atoms with E-state index in [9.17, 15) is 15.0 Å². The lowest BCUT2D eigenvalue weighted by Crippen LogP contribution is -2.40. The van der Waals surface area contributed by atoms with E-state index in [0.717, 1.165) is 19.3 Å². The van der Waals surface area contributed by atoms with Gasteiger partial charge in [0.05, 0.1) is 12.2 Å². The Morgan fingerprint density at radius 2 is 1.62 bits per heavy atom. The Bertz CT molecular complexity index is 183. The zero-order valence-electron chi connectivity index (χ0n) is 10.6. The highest BCUT2D eigenvalue weighted by atomic mass is 16.3. The van der Waals surface area contributed by atoms with Crippen LogP contribution in [0.2, 0.25) is 0 Å². The number of nitrogens with zero attached hydrogens (tertiary/aromatic N) is 1. The number of hydrogen-bond acceptors (Lipinski definition) is 3. The highest BCUT2D eigenvalue weighted by Gasteiger charge is 2.16. The van der Waals surface area contributed by atoms with Crippen molar-refractivity contribution in [2.24, 2.45) is 0 Å². The molecule has 2 atom stereocenters. The number of aliphatic hydroxyl groups is 2. The average Bonchev–Trinajstić information content (AvgIpc) is 2.15. The summed E-state index contributed by atoms with van der Waals surface area (Å²) in [4.78, 5) is 13.3. The third-order valence-corrected chi connectivity index (χ3v) is 2.32. The average molecular weight is 231 g/mol. The Labute approximate surface area is 98.3 Å². The summed E-state index contributed by atoms with van der Waals surface area (Å²) >= 11 is 0. The van der Waals surface area contributed by atoms with Gasteiger partial charge in [0.25, 0.3) is 0 Å². The number of carbonyl (C=O) groups is 1. The molecule has 2 unspecified atom stereocenters.